The lowest BCUT2D eigenvalue weighted by Crippen LogP contribution is -2.69. The molecule has 0 saturated carbocycles. The van der Waals surface area contributed by atoms with Gasteiger partial charge in [-0.3, -0.25) is 4.90 Å². The molecule has 1 aromatic rings. The Morgan fingerprint density at radius 1 is 1.12 bits per heavy atom. The molecule has 4 aliphatic rings. The van der Waals surface area contributed by atoms with Crippen LogP contribution in [0.15, 0.2) is 35.0 Å². The number of hydrogen-bond acceptors (Lipinski definition) is 6. The summed E-state index contributed by atoms with van der Waals surface area (Å²) in [6.07, 6.45) is 6.11. The molecule has 2 atom stereocenters. The van der Waals surface area contributed by atoms with Gasteiger partial charge in [-0.2, -0.15) is 0 Å². The van der Waals surface area contributed by atoms with E-state index < -0.39 is 0 Å². The van der Waals surface area contributed by atoms with Crippen molar-refractivity contribution in [3.8, 4) is 0 Å². The van der Waals surface area contributed by atoms with Gasteiger partial charge in [-0.05, 0) is 82.6 Å². The lowest BCUT2D eigenvalue weighted by atomic mass is 9.69. The first-order valence-electron chi connectivity index (χ1n) is 13.5. The summed E-state index contributed by atoms with van der Waals surface area (Å²) in [5, 5.41) is 3.48. The summed E-state index contributed by atoms with van der Waals surface area (Å²) in [4.78, 5) is 10.2. The molecule has 34 heavy (non-hydrogen) atoms. The van der Waals surface area contributed by atoms with E-state index >= 15 is 0 Å². The molecule has 6 nitrogen and oxygen atoms in total. The molecule has 0 bridgehead atoms. The van der Waals surface area contributed by atoms with Crippen molar-refractivity contribution in [2.24, 2.45) is 0 Å². The number of nitrogen functional groups attached to an aromatic ring is 1. The maximum absolute atomic E-state index is 6.73. The van der Waals surface area contributed by atoms with Crippen LogP contribution in [0.5, 0.6) is 0 Å². The normalized spacial score (nSPS) is 24.5. The number of piperazine rings is 1. The van der Waals surface area contributed by atoms with Crippen LogP contribution in [0.3, 0.4) is 0 Å². The maximum Gasteiger partial charge on any atom is 0.0600 e. The molecule has 0 amide bonds. The van der Waals surface area contributed by atoms with E-state index in [2.05, 4.69) is 71.1 Å². The molecule has 3 fully saturated rings. The number of nitrogens with one attached hydrogen (secondary N) is 1. The van der Waals surface area contributed by atoms with Crippen LogP contribution in [0.1, 0.15) is 51.5 Å². The molecule has 186 valence electrons. The number of nitrogens with two attached hydrogens (primary N) is 1. The molecule has 0 aliphatic carbocycles. The van der Waals surface area contributed by atoms with E-state index in [9.17, 15) is 0 Å². The highest BCUT2D eigenvalue weighted by Crippen LogP contribution is 2.55. The SMILES string of the molecule is CCCCC1=C2C(C)N3CC(=C(c4cc(N5CCNCC5)ccc4N)N1CCCCN(C)C)C23. The van der Waals surface area contributed by atoms with Crippen molar-refractivity contribution < 1.29 is 0 Å². The van der Waals surface area contributed by atoms with Crippen molar-refractivity contribution in [2.45, 2.75) is 58.0 Å². The second-order valence-corrected chi connectivity index (χ2v) is 10.8. The number of unbranched alkanes of at least 4 members (excludes halogenated alkanes) is 2. The minimum Gasteiger partial charge on any atom is -0.398 e. The highest BCUT2D eigenvalue weighted by atomic mass is 15.3. The Kier molecular flexibility index (Phi) is 6.92. The monoisotopic (exact) mass is 464 g/mol. The van der Waals surface area contributed by atoms with E-state index in [4.69, 9.17) is 5.73 Å². The highest BCUT2D eigenvalue weighted by Gasteiger charge is 2.56. The third-order valence-electron chi connectivity index (χ3n) is 8.27. The molecular formula is C28H44N6. The minimum absolute atomic E-state index is 0.539. The number of rotatable bonds is 10. The summed E-state index contributed by atoms with van der Waals surface area (Å²) in [6, 6.07) is 7.89. The molecule has 4 aliphatic heterocycles. The molecule has 2 unspecified atom stereocenters. The van der Waals surface area contributed by atoms with E-state index in [1.165, 1.54) is 49.1 Å². The first kappa shape index (κ1) is 23.7. The number of piperidine rings is 1. The van der Waals surface area contributed by atoms with E-state index in [-0.39, 0.29) is 0 Å². The standard InChI is InChI=1S/C28H44N6/c1-5-6-9-25-26-20(2)34-19-23(28(26)34)27(33(25)15-8-7-14-31(3)4)22-18-21(10-11-24(22)29)32-16-12-30-13-17-32/h10-11,18,20,28,30H,5-9,12-17,19,29H2,1-4H3. The molecule has 0 radical (unpaired) electrons. The van der Waals surface area contributed by atoms with Crippen LogP contribution in [-0.2, 0) is 0 Å². The Balaban J connectivity index is 1.51. The number of nitrogens with zero attached hydrogens (tertiary/aromatic N) is 4. The number of benzene rings is 1. The zero-order valence-electron chi connectivity index (χ0n) is 21.7. The fourth-order valence-electron chi connectivity index (χ4n) is 6.34. The molecule has 3 N–H and O–H groups in total. The lowest BCUT2D eigenvalue weighted by Gasteiger charge is -2.64. The van der Waals surface area contributed by atoms with Gasteiger partial charge in [0.2, 0.25) is 0 Å². The fourth-order valence-corrected chi connectivity index (χ4v) is 6.34. The molecule has 5 rings (SSSR count). The van der Waals surface area contributed by atoms with Crippen LogP contribution in [-0.4, -0.2) is 86.7 Å². The predicted octanol–water partition coefficient (Wildman–Crippen LogP) is 3.58. The van der Waals surface area contributed by atoms with Crippen LogP contribution >= 0.6 is 0 Å². The fraction of sp³-hybridized carbons (Fsp3) is 0.643. The Morgan fingerprint density at radius 3 is 2.65 bits per heavy atom. The van der Waals surface area contributed by atoms with Crippen LogP contribution in [0.2, 0.25) is 0 Å². The zero-order valence-corrected chi connectivity index (χ0v) is 21.7. The van der Waals surface area contributed by atoms with Gasteiger partial charge in [0.05, 0.1) is 11.7 Å². The molecule has 6 heteroatoms. The largest absolute Gasteiger partial charge is 0.398 e. The van der Waals surface area contributed by atoms with E-state index in [0.29, 0.717) is 12.1 Å². The van der Waals surface area contributed by atoms with E-state index in [1.54, 1.807) is 16.8 Å². The average Bonchev–Trinajstić information content (AvgIpc) is 2.82. The van der Waals surface area contributed by atoms with Crippen LogP contribution in [0.25, 0.3) is 5.70 Å². The van der Waals surface area contributed by atoms with E-state index in [1.807, 2.05) is 0 Å². The van der Waals surface area contributed by atoms with Crippen LogP contribution < -0.4 is 16.0 Å². The highest BCUT2D eigenvalue weighted by molar-refractivity contribution is 5.84. The predicted molar refractivity (Wildman–Crippen MR) is 144 cm³/mol. The van der Waals surface area contributed by atoms with Gasteiger partial charge < -0.3 is 25.8 Å². The van der Waals surface area contributed by atoms with Gasteiger partial charge in [0.1, 0.15) is 0 Å². The molecule has 0 spiro atoms. The second kappa shape index (κ2) is 9.92. The van der Waals surface area contributed by atoms with Gasteiger partial charge in [0, 0.05) is 67.9 Å². The Morgan fingerprint density at radius 2 is 1.91 bits per heavy atom. The second-order valence-electron chi connectivity index (χ2n) is 10.8. The van der Waals surface area contributed by atoms with Gasteiger partial charge >= 0.3 is 0 Å². The number of hydrogen-bond donors (Lipinski definition) is 2. The topological polar surface area (TPSA) is 51.0 Å². The average molecular weight is 465 g/mol. The first-order chi connectivity index (χ1) is 16.5. The first-order valence-corrected chi connectivity index (χ1v) is 13.5. The van der Waals surface area contributed by atoms with Crippen molar-refractivity contribution in [3.63, 3.8) is 0 Å². The maximum atomic E-state index is 6.73. The summed E-state index contributed by atoms with van der Waals surface area (Å²) in [7, 11) is 4.35. The number of allylic oxidation sites excluding steroid dienone is 1. The van der Waals surface area contributed by atoms with Crippen LogP contribution in [0, 0.1) is 0 Å². The van der Waals surface area contributed by atoms with Gasteiger partial charge in [-0.1, -0.05) is 13.3 Å². The summed E-state index contributed by atoms with van der Waals surface area (Å²) < 4.78 is 0. The van der Waals surface area contributed by atoms with Crippen molar-refractivity contribution in [2.75, 3.05) is 70.5 Å². The van der Waals surface area contributed by atoms with Crippen molar-refractivity contribution in [1.29, 1.82) is 0 Å². The Bertz CT molecular complexity index is 958. The number of anilines is 2. The molecular weight excluding hydrogens is 420 g/mol. The molecule has 0 aromatic heterocycles. The smallest absolute Gasteiger partial charge is 0.0600 e. The summed E-state index contributed by atoms with van der Waals surface area (Å²) in [6.45, 7) is 12.3. The quantitative estimate of drug-likeness (QED) is 0.408. The Hall–Kier alpha value is -2.02. The van der Waals surface area contributed by atoms with Gasteiger partial charge in [0.25, 0.3) is 0 Å². The van der Waals surface area contributed by atoms with Gasteiger partial charge in [-0.25, -0.2) is 0 Å². The molecule has 4 heterocycles. The zero-order chi connectivity index (χ0) is 23.8. The summed E-state index contributed by atoms with van der Waals surface area (Å²) >= 11 is 0. The van der Waals surface area contributed by atoms with E-state index in [0.717, 1.165) is 51.5 Å². The van der Waals surface area contributed by atoms with Crippen molar-refractivity contribution >= 4 is 17.1 Å². The van der Waals surface area contributed by atoms with Crippen molar-refractivity contribution in [1.82, 2.24) is 20.0 Å². The molecule has 3 saturated heterocycles. The Labute approximate surface area is 206 Å². The summed E-state index contributed by atoms with van der Waals surface area (Å²) in [5.74, 6) is 0. The van der Waals surface area contributed by atoms with Gasteiger partial charge in [0.15, 0.2) is 0 Å². The van der Waals surface area contributed by atoms with Crippen LogP contribution in [0.4, 0.5) is 11.4 Å². The van der Waals surface area contributed by atoms with Crippen molar-refractivity contribution in [3.05, 3.63) is 40.6 Å². The summed E-state index contributed by atoms with van der Waals surface area (Å²) in [5.41, 5.74) is 16.6. The third kappa shape index (κ3) is 4.14. The third-order valence-corrected chi connectivity index (χ3v) is 8.27. The van der Waals surface area contributed by atoms with Gasteiger partial charge in [-0.15, -0.1) is 0 Å². The minimum atomic E-state index is 0.539. The lowest BCUT2D eigenvalue weighted by molar-refractivity contribution is 0.0559. The molecule has 1 aromatic carbocycles.